The number of rotatable bonds is 4. The number of benzene rings is 1. The molecule has 9 heteroatoms. The average Bonchev–Trinajstić information content (AvgIpc) is 2.66. The van der Waals surface area contributed by atoms with Crippen molar-refractivity contribution in [2.24, 2.45) is 0 Å². The summed E-state index contributed by atoms with van der Waals surface area (Å²) in [6, 6.07) is 3.79. The van der Waals surface area contributed by atoms with E-state index in [0.717, 1.165) is 19.6 Å². The van der Waals surface area contributed by atoms with Gasteiger partial charge in [0.15, 0.2) is 11.3 Å². The van der Waals surface area contributed by atoms with E-state index in [4.69, 9.17) is 9.15 Å². The molecule has 1 aliphatic rings. The summed E-state index contributed by atoms with van der Waals surface area (Å²) in [6.07, 6.45) is 0. The first-order chi connectivity index (χ1) is 12.4. The Morgan fingerprint density at radius 3 is 2.62 bits per heavy atom. The summed E-state index contributed by atoms with van der Waals surface area (Å²) < 4.78 is 10.3. The number of non-ortho nitro benzene ring substituents is 1. The van der Waals surface area contributed by atoms with Crippen LogP contribution in [0.15, 0.2) is 27.4 Å². The summed E-state index contributed by atoms with van der Waals surface area (Å²) in [6.45, 7) is 5.82. The Morgan fingerprint density at radius 1 is 1.35 bits per heavy atom. The highest BCUT2D eigenvalue weighted by atomic mass is 16.6. The smallest absolute Gasteiger partial charge is 0.349 e. The van der Waals surface area contributed by atoms with Gasteiger partial charge in [-0.25, -0.2) is 4.79 Å². The molecule has 1 N–H and O–H groups in total. The molecule has 1 saturated heterocycles. The van der Waals surface area contributed by atoms with Crippen molar-refractivity contribution in [3.05, 3.63) is 44.3 Å². The summed E-state index contributed by atoms with van der Waals surface area (Å²) in [4.78, 5) is 38.6. The maximum atomic E-state index is 12.7. The molecule has 9 nitrogen and oxygen atoms in total. The molecule has 26 heavy (non-hydrogen) atoms. The quantitative estimate of drug-likeness (QED) is 0.469. The third kappa shape index (κ3) is 3.25. The highest BCUT2D eigenvalue weighted by Crippen LogP contribution is 2.30. The standard InChI is InChI=1S/C17H19N3O6/c1-3-18-4-6-19(7-5-18)16(21)13-9-11-8-12(20(23)24)10-14(25-2)15(11)26-17(13)22/h8-10H,3-7H2,1-2H3/p+1. The molecule has 1 amide bonds. The van der Waals surface area contributed by atoms with Crippen LogP contribution in [0, 0.1) is 10.1 Å². The molecule has 1 aliphatic heterocycles. The first kappa shape index (κ1) is 17.9. The van der Waals surface area contributed by atoms with Crippen LogP contribution in [-0.4, -0.2) is 55.6 Å². The molecule has 1 fully saturated rings. The first-order valence-corrected chi connectivity index (χ1v) is 8.37. The molecule has 0 bridgehead atoms. The summed E-state index contributed by atoms with van der Waals surface area (Å²) >= 11 is 0. The van der Waals surface area contributed by atoms with Crippen LogP contribution >= 0.6 is 0 Å². The number of likely N-dealkylation sites (N-methyl/N-ethyl adjacent to an activating group) is 1. The van der Waals surface area contributed by atoms with Gasteiger partial charge in [-0.1, -0.05) is 0 Å². The van der Waals surface area contributed by atoms with Gasteiger partial charge >= 0.3 is 5.63 Å². The lowest BCUT2D eigenvalue weighted by atomic mass is 10.1. The number of nitro benzene ring substituents is 1. The number of nitrogens with zero attached hydrogens (tertiary/aromatic N) is 2. The molecule has 2 heterocycles. The van der Waals surface area contributed by atoms with E-state index in [-0.39, 0.29) is 28.0 Å². The molecule has 3 rings (SSSR count). The maximum absolute atomic E-state index is 12.7. The van der Waals surface area contributed by atoms with Gasteiger partial charge in [0.05, 0.1) is 50.8 Å². The monoisotopic (exact) mass is 362 g/mol. The molecule has 138 valence electrons. The number of hydrogen-bond acceptors (Lipinski definition) is 6. The zero-order valence-electron chi connectivity index (χ0n) is 14.6. The van der Waals surface area contributed by atoms with Crippen LogP contribution in [0.2, 0.25) is 0 Å². The van der Waals surface area contributed by atoms with E-state index in [1.807, 2.05) is 0 Å². The molecule has 0 saturated carbocycles. The van der Waals surface area contributed by atoms with Crippen LogP contribution in [0.4, 0.5) is 5.69 Å². The van der Waals surface area contributed by atoms with Gasteiger partial charge in [-0.3, -0.25) is 14.9 Å². The van der Waals surface area contributed by atoms with E-state index < -0.39 is 16.5 Å². The van der Waals surface area contributed by atoms with Crippen molar-refractivity contribution in [2.45, 2.75) is 6.92 Å². The fourth-order valence-electron chi connectivity index (χ4n) is 3.14. The average molecular weight is 362 g/mol. The number of ether oxygens (including phenoxy) is 1. The molecule has 1 aromatic heterocycles. The molecule has 2 aromatic rings. The number of quaternary nitrogens is 1. The molecular weight excluding hydrogens is 342 g/mol. The van der Waals surface area contributed by atoms with E-state index in [0.29, 0.717) is 13.1 Å². The van der Waals surface area contributed by atoms with Gasteiger partial charge in [0.2, 0.25) is 0 Å². The van der Waals surface area contributed by atoms with E-state index in [2.05, 4.69) is 6.92 Å². The number of piperazine rings is 1. The van der Waals surface area contributed by atoms with Crippen molar-refractivity contribution in [3.63, 3.8) is 0 Å². The molecule has 0 radical (unpaired) electrons. The van der Waals surface area contributed by atoms with E-state index >= 15 is 0 Å². The fourth-order valence-corrected chi connectivity index (χ4v) is 3.14. The lowest BCUT2D eigenvalue weighted by Crippen LogP contribution is -3.14. The lowest BCUT2D eigenvalue weighted by molar-refractivity contribution is -0.902. The van der Waals surface area contributed by atoms with Gasteiger partial charge in [-0.15, -0.1) is 0 Å². The van der Waals surface area contributed by atoms with Crippen molar-refractivity contribution in [1.29, 1.82) is 0 Å². The number of nitro groups is 1. The summed E-state index contributed by atoms with van der Waals surface area (Å²) in [5.41, 5.74) is -1.03. The number of methoxy groups -OCH3 is 1. The van der Waals surface area contributed by atoms with Gasteiger partial charge < -0.3 is 19.0 Å². The topological polar surface area (TPSA) is 107 Å². The molecular formula is C17H20N3O6+. The van der Waals surface area contributed by atoms with Crippen molar-refractivity contribution in [2.75, 3.05) is 39.8 Å². The minimum absolute atomic E-state index is 0.0745. The molecule has 1 aromatic carbocycles. The van der Waals surface area contributed by atoms with E-state index in [1.54, 1.807) is 4.90 Å². The van der Waals surface area contributed by atoms with Crippen molar-refractivity contribution >= 4 is 22.6 Å². The second-order valence-corrected chi connectivity index (χ2v) is 6.17. The maximum Gasteiger partial charge on any atom is 0.349 e. The van der Waals surface area contributed by atoms with Crippen LogP contribution in [0.1, 0.15) is 17.3 Å². The molecule has 0 spiro atoms. The van der Waals surface area contributed by atoms with Gasteiger partial charge in [-0.2, -0.15) is 0 Å². The fraction of sp³-hybridized carbons (Fsp3) is 0.412. The highest BCUT2D eigenvalue weighted by Gasteiger charge is 2.27. The minimum Gasteiger partial charge on any atom is -0.493 e. The molecule has 0 atom stereocenters. The summed E-state index contributed by atoms with van der Waals surface area (Å²) in [5, 5.41) is 11.4. The van der Waals surface area contributed by atoms with Crippen molar-refractivity contribution in [3.8, 4) is 5.75 Å². The third-order valence-corrected chi connectivity index (χ3v) is 4.70. The van der Waals surface area contributed by atoms with Crippen molar-refractivity contribution < 1.29 is 23.8 Å². The highest BCUT2D eigenvalue weighted by molar-refractivity contribution is 5.97. The predicted molar refractivity (Wildman–Crippen MR) is 92.8 cm³/mol. The zero-order valence-corrected chi connectivity index (χ0v) is 14.6. The summed E-state index contributed by atoms with van der Waals surface area (Å²) in [7, 11) is 1.33. The Morgan fingerprint density at radius 2 is 2.04 bits per heavy atom. The molecule has 0 unspecified atom stereocenters. The Labute approximate surface area is 148 Å². The minimum atomic E-state index is -0.778. The Bertz CT molecular complexity index is 915. The number of carbonyl (C=O) groups excluding carboxylic acids is 1. The van der Waals surface area contributed by atoms with Gasteiger partial charge in [0.25, 0.3) is 11.6 Å². The second kappa shape index (κ2) is 7.12. The lowest BCUT2D eigenvalue weighted by Gasteiger charge is -2.31. The van der Waals surface area contributed by atoms with Crippen LogP contribution in [0.3, 0.4) is 0 Å². The van der Waals surface area contributed by atoms with Crippen LogP contribution in [0.5, 0.6) is 5.75 Å². The zero-order chi connectivity index (χ0) is 18.8. The van der Waals surface area contributed by atoms with E-state index in [1.165, 1.54) is 30.2 Å². The number of nitrogens with one attached hydrogen (secondary N) is 1. The van der Waals surface area contributed by atoms with Gasteiger partial charge in [0, 0.05) is 11.5 Å². The normalized spacial score (nSPS) is 15.2. The number of fused-ring (bicyclic) bond motifs is 1. The third-order valence-electron chi connectivity index (χ3n) is 4.70. The Hall–Kier alpha value is -2.94. The first-order valence-electron chi connectivity index (χ1n) is 8.37. The largest absolute Gasteiger partial charge is 0.493 e. The van der Waals surface area contributed by atoms with Gasteiger partial charge in [-0.05, 0) is 13.0 Å². The SMILES string of the molecule is CC[NH+]1CCN(C(=O)c2cc3cc([N+](=O)[O-])cc(OC)c3oc2=O)CC1. The van der Waals surface area contributed by atoms with Crippen molar-refractivity contribution in [1.82, 2.24) is 4.90 Å². The van der Waals surface area contributed by atoms with E-state index in [9.17, 15) is 19.7 Å². The van der Waals surface area contributed by atoms with Gasteiger partial charge in [0.1, 0.15) is 5.56 Å². The predicted octanol–water partition coefficient (Wildman–Crippen LogP) is 0.0704. The van der Waals surface area contributed by atoms with Crippen LogP contribution < -0.4 is 15.3 Å². The number of carbonyl (C=O) groups is 1. The number of hydrogen-bond donors (Lipinski definition) is 1. The Balaban J connectivity index is 2.01. The van der Waals surface area contributed by atoms with Crippen LogP contribution in [-0.2, 0) is 0 Å². The van der Waals surface area contributed by atoms with Crippen LogP contribution in [0.25, 0.3) is 11.0 Å². The number of amides is 1. The second-order valence-electron chi connectivity index (χ2n) is 6.17. The Kier molecular flexibility index (Phi) is 4.90. The summed E-state index contributed by atoms with van der Waals surface area (Å²) in [5.74, 6) is -0.341. The molecule has 0 aliphatic carbocycles.